The van der Waals surface area contributed by atoms with Crippen molar-refractivity contribution in [1.82, 2.24) is 20.4 Å². The molecule has 1 fully saturated rings. The minimum atomic E-state index is -3.61. The second-order valence-electron chi connectivity index (χ2n) is 10.8. The van der Waals surface area contributed by atoms with E-state index in [1.165, 1.54) is 0 Å². The molecule has 0 radical (unpaired) electrons. The Kier molecular flexibility index (Phi) is 11.5. The highest BCUT2D eigenvalue weighted by Crippen LogP contribution is 2.25. The van der Waals surface area contributed by atoms with Gasteiger partial charge in [0.05, 0.1) is 4.90 Å². The van der Waals surface area contributed by atoms with E-state index in [1.54, 1.807) is 29.2 Å². The molecule has 3 aromatic rings. The number of likely N-dealkylation sites (N-methyl/N-ethyl adjacent to an activating group) is 1. The molecule has 1 aliphatic rings. The van der Waals surface area contributed by atoms with E-state index in [0.29, 0.717) is 32.4 Å². The van der Waals surface area contributed by atoms with E-state index in [-0.39, 0.29) is 22.6 Å². The largest absolute Gasteiger partial charge is 0.351 e. The Labute approximate surface area is 253 Å². The van der Waals surface area contributed by atoms with Crippen LogP contribution < -0.4 is 10.6 Å². The molecular formula is C32H40N4O4S2. The molecule has 42 heavy (non-hydrogen) atoms. The third-order valence-electron chi connectivity index (χ3n) is 7.39. The van der Waals surface area contributed by atoms with E-state index in [0.717, 1.165) is 40.6 Å². The average Bonchev–Trinajstić information content (AvgIpc) is 2.99. The zero-order chi connectivity index (χ0) is 30.0. The summed E-state index contributed by atoms with van der Waals surface area (Å²) in [5.41, 5.74) is 3.01. The third kappa shape index (κ3) is 9.61. The number of rotatable bonds is 12. The molecule has 1 aliphatic heterocycles. The van der Waals surface area contributed by atoms with Crippen molar-refractivity contribution in [3.05, 3.63) is 102 Å². The minimum absolute atomic E-state index is 0.180. The highest BCUT2D eigenvalue weighted by molar-refractivity contribution is 8.72. The molecule has 3 amide bonds. The molecule has 0 saturated carbocycles. The lowest BCUT2D eigenvalue weighted by Gasteiger charge is -2.33. The molecule has 224 valence electrons. The quantitative estimate of drug-likeness (QED) is 0.301. The number of nitrogens with zero attached hydrogens (tertiary/aromatic N) is 2. The maximum atomic E-state index is 13.8. The summed E-state index contributed by atoms with van der Waals surface area (Å²) in [5, 5.41) is 6.05. The van der Waals surface area contributed by atoms with Crippen molar-refractivity contribution in [2.24, 2.45) is 0 Å². The first-order valence-electron chi connectivity index (χ1n) is 14.3. The van der Waals surface area contributed by atoms with Gasteiger partial charge in [-0.3, -0.25) is 4.79 Å². The maximum absolute atomic E-state index is 13.8. The number of hydrogen-bond acceptors (Lipinski definition) is 6. The number of carbonyl (C=O) groups excluding carboxylic acids is 2. The van der Waals surface area contributed by atoms with Crippen LogP contribution in [0, 0.1) is 6.92 Å². The van der Waals surface area contributed by atoms with Gasteiger partial charge in [0.25, 0.3) is 0 Å². The van der Waals surface area contributed by atoms with Crippen LogP contribution in [0.15, 0.2) is 89.8 Å². The van der Waals surface area contributed by atoms with E-state index < -0.39 is 21.0 Å². The Bertz CT molecular complexity index is 1400. The lowest BCUT2D eigenvalue weighted by Crippen LogP contribution is -2.57. The van der Waals surface area contributed by atoms with Gasteiger partial charge in [-0.1, -0.05) is 78.4 Å². The fraction of sp³-hybridized carbons (Fsp3) is 0.375. The third-order valence-corrected chi connectivity index (χ3v) is 11.0. The topological polar surface area (TPSA) is 98.8 Å². The van der Waals surface area contributed by atoms with Crippen molar-refractivity contribution >= 4 is 31.6 Å². The van der Waals surface area contributed by atoms with Crippen LogP contribution in [0.2, 0.25) is 0 Å². The van der Waals surface area contributed by atoms with Crippen LogP contribution in [-0.4, -0.2) is 81.2 Å². The molecule has 2 atom stereocenters. The van der Waals surface area contributed by atoms with Gasteiger partial charge in [0.1, 0.15) is 6.04 Å². The second-order valence-corrected chi connectivity index (χ2v) is 14.7. The van der Waals surface area contributed by atoms with Gasteiger partial charge in [0, 0.05) is 44.4 Å². The monoisotopic (exact) mass is 608 g/mol. The standard InChI is InChI=1S/C32H40N4O4S2/c1-25-13-17-29(18-14-25)42(39,40)41-24-28(16-15-26-9-5-3-6-10-26)33-31(37)30(23-27-11-7-4-8-12-27)34-32(38)36-21-19-35(2)20-22-36/h3-14,17-18,28,30H,15-16,19-24H2,1-2H3,(H,33,37)(H,34,38)/t28-,30-/m0/s1. The Hall–Kier alpha value is -3.34. The number of hydrogen-bond donors (Lipinski definition) is 2. The van der Waals surface area contributed by atoms with Crippen molar-refractivity contribution in [3.63, 3.8) is 0 Å². The van der Waals surface area contributed by atoms with Crippen LogP contribution in [0.25, 0.3) is 0 Å². The number of aryl methyl sites for hydroxylation is 2. The van der Waals surface area contributed by atoms with Crippen molar-refractivity contribution in [3.8, 4) is 0 Å². The van der Waals surface area contributed by atoms with Crippen molar-refractivity contribution in [1.29, 1.82) is 0 Å². The molecule has 1 saturated heterocycles. The summed E-state index contributed by atoms with van der Waals surface area (Å²) in [7, 11) is -0.759. The summed E-state index contributed by atoms with van der Waals surface area (Å²) in [6, 6.07) is 24.8. The van der Waals surface area contributed by atoms with Gasteiger partial charge in [-0.15, -0.1) is 0 Å². The Balaban J connectivity index is 1.49. The average molecular weight is 609 g/mol. The first kappa shape index (κ1) is 31.6. The summed E-state index contributed by atoms with van der Waals surface area (Å²) in [6.07, 6.45) is 1.55. The van der Waals surface area contributed by atoms with Gasteiger partial charge in [0.15, 0.2) is 0 Å². The first-order valence-corrected chi connectivity index (χ1v) is 17.3. The summed E-state index contributed by atoms with van der Waals surface area (Å²) in [6.45, 7) is 4.64. The van der Waals surface area contributed by atoms with Gasteiger partial charge in [-0.2, -0.15) is 0 Å². The fourth-order valence-electron chi connectivity index (χ4n) is 4.74. The number of piperazine rings is 1. The molecule has 0 unspecified atom stereocenters. The van der Waals surface area contributed by atoms with Gasteiger partial charge >= 0.3 is 6.03 Å². The molecule has 0 aliphatic carbocycles. The normalized spacial score (nSPS) is 15.5. The molecule has 10 heteroatoms. The Morgan fingerprint density at radius 2 is 1.43 bits per heavy atom. The van der Waals surface area contributed by atoms with E-state index in [1.807, 2.05) is 74.6 Å². The predicted octanol–water partition coefficient (Wildman–Crippen LogP) is 4.10. The number of nitrogens with one attached hydrogen (secondary N) is 2. The fourth-order valence-corrected chi connectivity index (χ4v) is 7.71. The molecule has 8 nitrogen and oxygen atoms in total. The lowest BCUT2D eigenvalue weighted by molar-refractivity contribution is -0.123. The van der Waals surface area contributed by atoms with Gasteiger partial charge in [0.2, 0.25) is 14.8 Å². The lowest BCUT2D eigenvalue weighted by atomic mass is 10.0. The highest BCUT2D eigenvalue weighted by atomic mass is 33.1. The summed E-state index contributed by atoms with van der Waals surface area (Å²) >= 11 is 0. The molecule has 0 spiro atoms. The van der Waals surface area contributed by atoms with Gasteiger partial charge < -0.3 is 20.4 Å². The molecule has 1 heterocycles. The Morgan fingerprint density at radius 1 is 0.833 bits per heavy atom. The SMILES string of the molecule is Cc1ccc(S(=O)(=O)SC[C@H](CCc2ccccc2)NC(=O)[C@H](Cc2ccccc2)NC(=O)N2CCN(C)CC2)cc1. The molecule has 0 aromatic heterocycles. The first-order chi connectivity index (χ1) is 20.2. The molecular weight excluding hydrogens is 569 g/mol. The molecule has 2 N–H and O–H groups in total. The van der Waals surface area contributed by atoms with Crippen molar-refractivity contribution in [2.75, 3.05) is 39.0 Å². The number of carbonyl (C=O) groups is 2. The molecule has 4 rings (SSSR count). The number of urea groups is 1. The Morgan fingerprint density at radius 3 is 2.05 bits per heavy atom. The van der Waals surface area contributed by atoms with Crippen LogP contribution in [0.1, 0.15) is 23.1 Å². The number of amides is 3. The van der Waals surface area contributed by atoms with Crippen LogP contribution in [0.3, 0.4) is 0 Å². The second kappa shape index (κ2) is 15.2. The predicted molar refractivity (Wildman–Crippen MR) is 169 cm³/mol. The summed E-state index contributed by atoms with van der Waals surface area (Å²) in [5.74, 6) is -0.146. The van der Waals surface area contributed by atoms with E-state index in [4.69, 9.17) is 0 Å². The van der Waals surface area contributed by atoms with Crippen molar-refractivity contribution < 1.29 is 18.0 Å². The van der Waals surface area contributed by atoms with Crippen molar-refractivity contribution in [2.45, 2.75) is 43.2 Å². The zero-order valence-electron chi connectivity index (χ0n) is 24.2. The summed E-state index contributed by atoms with van der Waals surface area (Å²) in [4.78, 5) is 31.1. The van der Waals surface area contributed by atoms with E-state index in [9.17, 15) is 18.0 Å². The molecule has 3 aromatic carbocycles. The smallest absolute Gasteiger partial charge is 0.318 e. The van der Waals surface area contributed by atoms with Crippen LogP contribution in [0.5, 0.6) is 0 Å². The van der Waals surface area contributed by atoms with Crippen LogP contribution in [-0.2, 0) is 26.5 Å². The maximum Gasteiger partial charge on any atom is 0.318 e. The van der Waals surface area contributed by atoms with Crippen LogP contribution in [0.4, 0.5) is 4.79 Å². The molecule has 0 bridgehead atoms. The zero-order valence-corrected chi connectivity index (χ0v) is 25.9. The van der Waals surface area contributed by atoms with Crippen LogP contribution >= 0.6 is 10.8 Å². The highest BCUT2D eigenvalue weighted by Gasteiger charge is 2.28. The minimum Gasteiger partial charge on any atom is -0.351 e. The van der Waals surface area contributed by atoms with Gasteiger partial charge in [-0.25, -0.2) is 13.2 Å². The number of benzene rings is 3. The van der Waals surface area contributed by atoms with E-state index >= 15 is 0 Å². The van der Waals surface area contributed by atoms with Gasteiger partial charge in [-0.05, 0) is 60.9 Å². The summed E-state index contributed by atoms with van der Waals surface area (Å²) < 4.78 is 26.2. The van der Waals surface area contributed by atoms with E-state index in [2.05, 4.69) is 15.5 Å².